The van der Waals surface area contributed by atoms with E-state index in [4.69, 9.17) is 9.47 Å². The molecule has 0 aliphatic carbocycles. The van der Waals surface area contributed by atoms with Crippen LogP contribution in [0.4, 0.5) is 0 Å². The van der Waals surface area contributed by atoms with E-state index in [1.807, 2.05) is 14.0 Å². The zero-order valence-corrected chi connectivity index (χ0v) is 17.3. The van der Waals surface area contributed by atoms with Crippen LogP contribution >= 0.6 is 0 Å². The van der Waals surface area contributed by atoms with E-state index >= 15 is 0 Å². The summed E-state index contributed by atoms with van der Waals surface area (Å²) in [5, 5.41) is 3.81. The summed E-state index contributed by atoms with van der Waals surface area (Å²) in [6.07, 6.45) is 3.42. The second-order valence-electron chi connectivity index (χ2n) is 6.65. The van der Waals surface area contributed by atoms with Crippen LogP contribution in [0.1, 0.15) is 18.4 Å². The third-order valence-electron chi connectivity index (χ3n) is 4.60. The molecule has 0 fully saturated rings. The summed E-state index contributed by atoms with van der Waals surface area (Å²) in [5.74, 6) is 1.19. The van der Waals surface area contributed by atoms with Gasteiger partial charge in [-0.15, -0.1) is 0 Å². The SMILES string of the molecule is CNCCCCOc1cn(S(=O)(=O)c2ccc(C)cc2)c2ccc(OC)cc12. The molecule has 150 valence electrons. The highest BCUT2D eigenvalue weighted by Gasteiger charge is 2.22. The standard InChI is InChI=1S/C21H26N2O4S/c1-16-6-9-18(10-7-16)28(24,25)23-15-21(27-13-5-4-12-22-2)19-14-17(26-3)8-11-20(19)23/h6-11,14-15,22H,4-5,12-13H2,1-3H3. The number of unbranched alkanes of at least 4 members (excludes halogenated alkanes) is 1. The van der Waals surface area contributed by atoms with Crippen molar-refractivity contribution in [1.82, 2.24) is 9.29 Å². The fourth-order valence-electron chi connectivity index (χ4n) is 3.00. The molecule has 28 heavy (non-hydrogen) atoms. The molecular weight excluding hydrogens is 376 g/mol. The lowest BCUT2D eigenvalue weighted by Gasteiger charge is -2.08. The van der Waals surface area contributed by atoms with Gasteiger partial charge in [-0.3, -0.25) is 0 Å². The number of aryl methyl sites for hydroxylation is 1. The van der Waals surface area contributed by atoms with Crippen molar-refractivity contribution < 1.29 is 17.9 Å². The lowest BCUT2D eigenvalue weighted by Crippen LogP contribution is -2.12. The van der Waals surface area contributed by atoms with Crippen LogP contribution in [0, 0.1) is 6.92 Å². The molecule has 0 spiro atoms. The predicted molar refractivity (Wildman–Crippen MR) is 111 cm³/mol. The van der Waals surface area contributed by atoms with Gasteiger partial charge in [-0.1, -0.05) is 17.7 Å². The Morgan fingerprint density at radius 3 is 2.50 bits per heavy atom. The van der Waals surface area contributed by atoms with Crippen molar-refractivity contribution in [1.29, 1.82) is 0 Å². The zero-order valence-electron chi connectivity index (χ0n) is 16.4. The maximum atomic E-state index is 13.2. The Bertz CT molecular complexity index is 1040. The monoisotopic (exact) mass is 402 g/mol. The van der Waals surface area contributed by atoms with E-state index in [0.29, 0.717) is 29.0 Å². The minimum absolute atomic E-state index is 0.242. The molecule has 6 nitrogen and oxygen atoms in total. The summed E-state index contributed by atoms with van der Waals surface area (Å²) >= 11 is 0. The van der Waals surface area contributed by atoms with Crippen molar-refractivity contribution >= 4 is 20.9 Å². The summed E-state index contributed by atoms with van der Waals surface area (Å²) in [6, 6.07) is 12.1. The number of rotatable bonds is 9. The fourth-order valence-corrected chi connectivity index (χ4v) is 4.36. The molecule has 0 saturated heterocycles. The molecule has 2 aromatic carbocycles. The van der Waals surface area contributed by atoms with Crippen molar-refractivity contribution in [3.63, 3.8) is 0 Å². The van der Waals surface area contributed by atoms with Gasteiger partial charge in [-0.25, -0.2) is 12.4 Å². The zero-order chi connectivity index (χ0) is 20.1. The number of fused-ring (bicyclic) bond motifs is 1. The van der Waals surface area contributed by atoms with Gasteiger partial charge in [-0.2, -0.15) is 0 Å². The normalized spacial score (nSPS) is 11.7. The van der Waals surface area contributed by atoms with Gasteiger partial charge in [0.05, 0.1) is 30.3 Å². The molecule has 1 heterocycles. The predicted octanol–water partition coefficient (Wildman–Crippen LogP) is 3.57. The highest BCUT2D eigenvalue weighted by atomic mass is 32.2. The number of methoxy groups -OCH3 is 1. The van der Waals surface area contributed by atoms with Gasteiger partial charge >= 0.3 is 0 Å². The van der Waals surface area contributed by atoms with Crippen LogP contribution in [0.25, 0.3) is 10.9 Å². The van der Waals surface area contributed by atoms with Gasteiger partial charge in [0.15, 0.2) is 0 Å². The van der Waals surface area contributed by atoms with Crippen LogP contribution in [0.2, 0.25) is 0 Å². The molecule has 0 saturated carbocycles. The van der Waals surface area contributed by atoms with Crippen molar-refractivity contribution in [2.75, 3.05) is 27.3 Å². The molecule has 0 amide bonds. The van der Waals surface area contributed by atoms with Crippen LogP contribution in [-0.4, -0.2) is 39.7 Å². The Kier molecular flexibility index (Phi) is 6.26. The number of aromatic nitrogens is 1. The van der Waals surface area contributed by atoms with E-state index in [1.54, 1.807) is 55.8 Å². The average Bonchev–Trinajstić information content (AvgIpc) is 3.07. The van der Waals surface area contributed by atoms with Gasteiger partial charge in [0.2, 0.25) is 0 Å². The van der Waals surface area contributed by atoms with Crippen LogP contribution < -0.4 is 14.8 Å². The molecule has 0 radical (unpaired) electrons. The molecule has 3 rings (SSSR count). The number of ether oxygens (including phenoxy) is 2. The molecule has 3 aromatic rings. The maximum Gasteiger partial charge on any atom is 0.268 e. The smallest absolute Gasteiger partial charge is 0.268 e. The first-order valence-electron chi connectivity index (χ1n) is 9.26. The number of nitrogens with zero attached hydrogens (tertiary/aromatic N) is 1. The van der Waals surface area contributed by atoms with Gasteiger partial charge < -0.3 is 14.8 Å². The van der Waals surface area contributed by atoms with Crippen molar-refractivity contribution in [3.05, 3.63) is 54.2 Å². The molecule has 7 heteroatoms. The number of hydrogen-bond acceptors (Lipinski definition) is 5. The quantitative estimate of drug-likeness (QED) is 0.554. The van der Waals surface area contributed by atoms with E-state index in [-0.39, 0.29) is 4.90 Å². The second-order valence-corrected chi connectivity index (χ2v) is 8.46. The Balaban J connectivity index is 2.01. The van der Waals surface area contributed by atoms with Crippen molar-refractivity contribution in [3.8, 4) is 11.5 Å². The average molecular weight is 403 g/mol. The van der Waals surface area contributed by atoms with E-state index in [2.05, 4.69) is 5.32 Å². The fraction of sp³-hybridized carbons (Fsp3) is 0.333. The van der Waals surface area contributed by atoms with Gasteiger partial charge in [0.25, 0.3) is 10.0 Å². The number of hydrogen-bond donors (Lipinski definition) is 1. The highest BCUT2D eigenvalue weighted by Crippen LogP contribution is 2.34. The van der Waals surface area contributed by atoms with Crippen molar-refractivity contribution in [2.24, 2.45) is 0 Å². The van der Waals surface area contributed by atoms with E-state index in [0.717, 1.165) is 24.9 Å². The summed E-state index contributed by atoms with van der Waals surface area (Å²) < 4.78 is 38.9. The molecule has 0 bridgehead atoms. The third-order valence-corrected chi connectivity index (χ3v) is 6.29. The Labute approximate surface area is 166 Å². The minimum atomic E-state index is -3.73. The third kappa shape index (κ3) is 4.15. The maximum absolute atomic E-state index is 13.2. The molecule has 1 N–H and O–H groups in total. The molecule has 0 aliphatic heterocycles. The van der Waals surface area contributed by atoms with Crippen LogP contribution in [0.5, 0.6) is 11.5 Å². The van der Waals surface area contributed by atoms with E-state index in [9.17, 15) is 8.42 Å². The Morgan fingerprint density at radius 1 is 1.07 bits per heavy atom. The molecule has 0 unspecified atom stereocenters. The van der Waals surface area contributed by atoms with Gasteiger partial charge in [0, 0.05) is 5.39 Å². The molecule has 0 aliphatic rings. The van der Waals surface area contributed by atoms with Crippen LogP contribution in [0.3, 0.4) is 0 Å². The van der Waals surface area contributed by atoms with Crippen LogP contribution in [-0.2, 0) is 10.0 Å². The van der Waals surface area contributed by atoms with E-state index in [1.165, 1.54) is 3.97 Å². The molecule has 1 aromatic heterocycles. The Morgan fingerprint density at radius 2 is 1.82 bits per heavy atom. The first-order chi connectivity index (χ1) is 13.5. The van der Waals surface area contributed by atoms with Gasteiger partial charge in [0.1, 0.15) is 11.5 Å². The minimum Gasteiger partial charge on any atom is -0.497 e. The second kappa shape index (κ2) is 8.67. The summed E-state index contributed by atoms with van der Waals surface area (Å²) in [5.41, 5.74) is 1.57. The summed E-state index contributed by atoms with van der Waals surface area (Å²) in [6.45, 7) is 3.36. The van der Waals surface area contributed by atoms with Crippen molar-refractivity contribution in [2.45, 2.75) is 24.7 Å². The van der Waals surface area contributed by atoms with E-state index < -0.39 is 10.0 Å². The molecule has 0 atom stereocenters. The molecular formula is C21H26N2O4S. The topological polar surface area (TPSA) is 69.6 Å². The van der Waals surface area contributed by atoms with Crippen LogP contribution in [0.15, 0.2) is 53.6 Å². The summed E-state index contributed by atoms with van der Waals surface area (Å²) in [7, 11) is -0.238. The van der Waals surface area contributed by atoms with Gasteiger partial charge in [-0.05, 0) is 63.7 Å². The largest absolute Gasteiger partial charge is 0.497 e. The lowest BCUT2D eigenvalue weighted by atomic mass is 10.2. The highest BCUT2D eigenvalue weighted by molar-refractivity contribution is 7.90. The Hall–Kier alpha value is -2.51. The number of benzene rings is 2. The first kappa shape index (κ1) is 20.2. The lowest BCUT2D eigenvalue weighted by molar-refractivity contribution is 0.309. The first-order valence-corrected chi connectivity index (χ1v) is 10.7. The summed E-state index contributed by atoms with van der Waals surface area (Å²) in [4.78, 5) is 0.242. The number of nitrogens with one attached hydrogen (secondary N) is 1.